The maximum Gasteiger partial charge on any atom is 0.433 e. The van der Waals surface area contributed by atoms with Gasteiger partial charge in [0, 0.05) is 36.3 Å². The lowest BCUT2D eigenvalue weighted by Crippen LogP contribution is -2.41. The number of nitrogens with zero attached hydrogens (tertiary/aromatic N) is 5. The van der Waals surface area contributed by atoms with Crippen LogP contribution in [0.5, 0.6) is 5.75 Å². The number of fused-ring (bicyclic) bond motifs is 2. The molecule has 1 amide bonds. The van der Waals surface area contributed by atoms with E-state index in [0.29, 0.717) is 48.0 Å². The second-order valence-corrected chi connectivity index (χ2v) is 9.60. The van der Waals surface area contributed by atoms with Crippen LogP contribution in [0.25, 0.3) is 33.5 Å². The van der Waals surface area contributed by atoms with Crippen molar-refractivity contribution in [2.75, 3.05) is 20.2 Å². The molecule has 4 aromatic heterocycles. The lowest BCUT2D eigenvalue weighted by Gasteiger charge is -2.32. The first-order chi connectivity index (χ1) is 19.7. The summed E-state index contributed by atoms with van der Waals surface area (Å²) in [5, 5.41) is 0.305. The summed E-state index contributed by atoms with van der Waals surface area (Å²) in [4.78, 5) is 43.0. The summed E-state index contributed by atoms with van der Waals surface area (Å²) < 4.78 is 52.7. The van der Waals surface area contributed by atoms with Gasteiger partial charge in [0.05, 0.1) is 19.2 Å². The molecule has 1 fully saturated rings. The Hall–Kier alpha value is -4.72. The number of halogens is 3. The summed E-state index contributed by atoms with van der Waals surface area (Å²) in [6, 6.07) is 8.56. The Morgan fingerprint density at radius 1 is 1.17 bits per heavy atom. The van der Waals surface area contributed by atoms with Gasteiger partial charge in [-0.1, -0.05) is 0 Å². The van der Waals surface area contributed by atoms with Crippen molar-refractivity contribution in [1.29, 1.82) is 0 Å². The number of methoxy groups -OCH3 is 1. The van der Waals surface area contributed by atoms with Crippen LogP contribution in [0.3, 0.4) is 0 Å². The highest BCUT2D eigenvalue weighted by atomic mass is 19.4. The molecule has 41 heavy (non-hydrogen) atoms. The molecule has 0 unspecified atom stereocenters. The number of aromatic nitrogens is 5. The number of hydrogen-bond donors (Lipinski definition) is 2. The fraction of sp³-hybridized carbons (Fsp3) is 0.296. The molecule has 0 bridgehead atoms. The molecule has 1 aromatic carbocycles. The molecule has 5 aromatic rings. The maximum absolute atomic E-state index is 13.5. The topological polar surface area (TPSA) is 145 Å². The second-order valence-electron chi connectivity index (χ2n) is 9.60. The van der Waals surface area contributed by atoms with E-state index < -0.39 is 17.8 Å². The van der Waals surface area contributed by atoms with Crippen molar-refractivity contribution in [2.24, 2.45) is 5.73 Å². The van der Waals surface area contributed by atoms with Crippen LogP contribution < -0.4 is 16.2 Å². The molecule has 5 heterocycles. The van der Waals surface area contributed by atoms with Crippen molar-refractivity contribution in [3.05, 3.63) is 70.2 Å². The van der Waals surface area contributed by atoms with Gasteiger partial charge < -0.3 is 24.8 Å². The van der Waals surface area contributed by atoms with Crippen molar-refractivity contribution in [1.82, 2.24) is 29.4 Å². The van der Waals surface area contributed by atoms with Gasteiger partial charge in [-0.25, -0.2) is 19.7 Å². The number of piperidine rings is 1. The second kappa shape index (κ2) is 10.0. The first-order valence-corrected chi connectivity index (χ1v) is 12.8. The normalized spacial score (nSPS) is 14.7. The van der Waals surface area contributed by atoms with E-state index in [0.717, 1.165) is 6.07 Å². The molecule has 1 saturated heterocycles. The van der Waals surface area contributed by atoms with Crippen LogP contribution >= 0.6 is 0 Å². The molecule has 0 atom stereocenters. The Kier molecular flexibility index (Phi) is 6.49. The van der Waals surface area contributed by atoms with Crippen LogP contribution in [0.2, 0.25) is 0 Å². The highest BCUT2D eigenvalue weighted by Gasteiger charge is 2.34. The van der Waals surface area contributed by atoms with Gasteiger partial charge in [-0.05, 0) is 49.2 Å². The number of carbonyl (C=O) groups excluding carboxylic acids is 1. The van der Waals surface area contributed by atoms with Gasteiger partial charge in [-0.3, -0.25) is 9.36 Å². The number of aromatic amines is 1. The summed E-state index contributed by atoms with van der Waals surface area (Å²) in [5.41, 5.74) is 6.11. The molecule has 3 N–H and O–H groups in total. The van der Waals surface area contributed by atoms with Crippen molar-refractivity contribution >= 4 is 28.0 Å². The van der Waals surface area contributed by atoms with Crippen LogP contribution in [-0.2, 0) is 12.7 Å². The Labute approximate surface area is 229 Å². The third kappa shape index (κ3) is 4.59. The SMILES string of the molecule is COc1ccc(-c2nc(C(=O)N3CCC(n4c(=O)[nH]c5cccnc54)CC3)c(CN)o2)c2ccc(C(F)(F)F)nc12. The number of alkyl halides is 3. The molecule has 0 radical (unpaired) electrons. The number of amides is 1. The molecular weight excluding hydrogens is 543 g/mol. The average molecular weight is 568 g/mol. The molecule has 14 heteroatoms. The highest BCUT2D eigenvalue weighted by molar-refractivity contribution is 5.98. The molecule has 0 saturated carbocycles. The zero-order valence-corrected chi connectivity index (χ0v) is 21.7. The zero-order valence-electron chi connectivity index (χ0n) is 21.7. The number of likely N-dealkylation sites (tertiary alicyclic amines) is 1. The number of pyridine rings is 2. The highest BCUT2D eigenvalue weighted by Crippen LogP contribution is 2.37. The summed E-state index contributed by atoms with van der Waals surface area (Å²) >= 11 is 0. The first-order valence-electron chi connectivity index (χ1n) is 12.8. The third-order valence-corrected chi connectivity index (χ3v) is 7.24. The van der Waals surface area contributed by atoms with Gasteiger partial charge in [-0.2, -0.15) is 13.2 Å². The van der Waals surface area contributed by atoms with Crippen LogP contribution in [0, 0.1) is 0 Å². The van der Waals surface area contributed by atoms with E-state index in [-0.39, 0.29) is 46.9 Å². The van der Waals surface area contributed by atoms with E-state index in [1.807, 2.05) is 0 Å². The molecule has 1 aliphatic rings. The minimum absolute atomic E-state index is 0.0225. The van der Waals surface area contributed by atoms with Gasteiger partial charge in [-0.15, -0.1) is 0 Å². The van der Waals surface area contributed by atoms with Gasteiger partial charge in [0.25, 0.3) is 5.91 Å². The fourth-order valence-corrected chi connectivity index (χ4v) is 5.25. The average Bonchev–Trinajstić information content (AvgIpc) is 3.56. The van der Waals surface area contributed by atoms with Crippen LogP contribution in [0.1, 0.15) is 40.8 Å². The van der Waals surface area contributed by atoms with Gasteiger partial charge in [0.2, 0.25) is 5.89 Å². The molecule has 6 rings (SSSR count). The predicted octanol–water partition coefficient (Wildman–Crippen LogP) is 3.89. The third-order valence-electron chi connectivity index (χ3n) is 7.24. The van der Waals surface area contributed by atoms with Gasteiger partial charge in [0.1, 0.15) is 17.0 Å². The molecule has 11 nitrogen and oxygen atoms in total. The van der Waals surface area contributed by atoms with Crippen LogP contribution in [-0.4, -0.2) is 55.5 Å². The van der Waals surface area contributed by atoms with Crippen molar-refractivity contribution in [3.8, 4) is 17.2 Å². The van der Waals surface area contributed by atoms with E-state index in [1.165, 1.54) is 19.2 Å². The fourth-order valence-electron chi connectivity index (χ4n) is 5.25. The predicted molar refractivity (Wildman–Crippen MR) is 141 cm³/mol. The maximum atomic E-state index is 13.5. The van der Waals surface area contributed by atoms with Crippen molar-refractivity contribution < 1.29 is 27.1 Å². The molecule has 0 spiro atoms. The first kappa shape index (κ1) is 26.5. The largest absolute Gasteiger partial charge is 0.494 e. The number of imidazole rings is 1. The summed E-state index contributed by atoms with van der Waals surface area (Å²) in [7, 11) is 1.33. The Morgan fingerprint density at radius 3 is 2.66 bits per heavy atom. The van der Waals surface area contributed by atoms with Gasteiger partial charge >= 0.3 is 11.9 Å². The quantitative estimate of drug-likeness (QED) is 0.325. The number of benzene rings is 1. The standard InChI is InChI=1S/C27H24F3N7O4/c1-40-18-6-4-16(15-5-7-20(27(28,29)30)34-21(15)18)24-35-22(19(13-31)41-24)25(38)36-11-8-14(9-12-36)37-23-17(33-26(37)39)3-2-10-32-23/h2-7,10,14H,8-9,11-13,31H2,1H3,(H,33,39). The van der Waals surface area contributed by atoms with E-state index in [4.69, 9.17) is 14.9 Å². The van der Waals surface area contributed by atoms with Crippen LogP contribution in [0.4, 0.5) is 13.2 Å². The zero-order chi connectivity index (χ0) is 28.9. The number of rotatable bonds is 5. The van der Waals surface area contributed by atoms with E-state index >= 15 is 0 Å². The summed E-state index contributed by atoms with van der Waals surface area (Å²) in [5.74, 6) is -0.0786. The Balaban J connectivity index is 1.29. The van der Waals surface area contributed by atoms with Crippen molar-refractivity contribution in [3.63, 3.8) is 0 Å². The minimum atomic E-state index is -4.64. The number of oxazole rings is 1. The Bertz CT molecular complexity index is 1830. The number of nitrogens with one attached hydrogen (secondary N) is 1. The molecule has 212 valence electrons. The summed E-state index contributed by atoms with van der Waals surface area (Å²) in [6.07, 6.45) is -1.97. The monoisotopic (exact) mass is 567 g/mol. The molecule has 0 aliphatic carbocycles. The number of hydrogen-bond acceptors (Lipinski definition) is 8. The number of H-pyrrole nitrogens is 1. The lowest BCUT2D eigenvalue weighted by atomic mass is 10.0. The minimum Gasteiger partial charge on any atom is -0.494 e. The van der Waals surface area contributed by atoms with Crippen molar-refractivity contribution in [2.45, 2.75) is 31.6 Å². The van der Waals surface area contributed by atoms with Gasteiger partial charge in [0.15, 0.2) is 17.1 Å². The van der Waals surface area contributed by atoms with Crippen LogP contribution in [0.15, 0.2) is 51.8 Å². The Morgan fingerprint density at radius 2 is 1.95 bits per heavy atom. The number of carbonyl (C=O) groups is 1. The number of nitrogens with two attached hydrogens (primary N) is 1. The smallest absolute Gasteiger partial charge is 0.433 e. The van der Waals surface area contributed by atoms with E-state index in [1.54, 1.807) is 33.9 Å². The number of ether oxygens (including phenoxy) is 1. The lowest BCUT2D eigenvalue weighted by molar-refractivity contribution is -0.140. The summed E-state index contributed by atoms with van der Waals surface area (Å²) in [6.45, 7) is 0.597. The van der Waals surface area contributed by atoms with E-state index in [9.17, 15) is 22.8 Å². The molecular formula is C27H24F3N7O4. The molecule has 1 aliphatic heterocycles. The van der Waals surface area contributed by atoms with E-state index in [2.05, 4.69) is 19.9 Å².